The lowest BCUT2D eigenvalue weighted by atomic mass is 10.2. The Bertz CT molecular complexity index is 1080. The Morgan fingerprint density at radius 1 is 1.19 bits per heavy atom. The van der Waals surface area contributed by atoms with Crippen LogP contribution in [0, 0.1) is 6.92 Å². The van der Waals surface area contributed by atoms with Gasteiger partial charge in [-0.15, -0.1) is 11.3 Å². The maximum atomic E-state index is 12.5. The Morgan fingerprint density at radius 2 is 2.00 bits per heavy atom. The second kappa shape index (κ2) is 6.57. The molecule has 0 unspecified atom stereocenters. The summed E-state index contributed by atoms with van der Waals surface area (Å²) in [5, 5.41) is 2.85. The molecule has 3 aromatic rings. The predicted molar refractivity (Wildman–Crippen MR) is 102 cm³/mol. The number of rotatable bonds is 3. The molecule has 27 heavy (non-hydrogen) atoms. The number of amides is 3. The van der Waals surface area contributed by atoms with E-state index < -0.39 is 11.8 Å². The van der Waals surface area contributed by atoms with Crippen LogP contribution in [0.1, 0.15) is 36.2 Å². The van der Waals surface area contributed by atoms with Crippen LogP contribution >= 0.6 is 22.9 Å². The monoisotopic (exact) mass is 398 g/mol. The van der Waals surface area contributed by atoms with E-state index in [-0.39, 0.29) is 27.9 Å². The number of imide groups is 1. The van der Waals surface area contributed by atoms with E-state index in [9.17, 15) is 14.4 Å². The van der Waals surface area contributed by atoms with Crippen molar-refractivity contribution in [1.82, 2.24) is 9.97 Å². The van der Waals surface area contributed by atoms with Crippen LogP contribution in [0.3, 0.4) is 0 Å². The molecule has 0 fully saturated rings. The fourth-order valence-corrected chi connectivity index (χ4v) is 3.60. The SMILES string of the molecule is Cc1scnc1C(=O)Nc1ccc(N2C(=O)c3cccnc3C2=O)c(Cl)c1. The third kappa shape index (κ3) is 2.88. The summed E-state index contributed by atoms with van der Waals surface area (Å²) in [6.07, 6.45) is 1.45. The molecule has 1 aromatic carbocycles. The molecule has 0 aliphatic carbocycles. The minimum atomic E-state index is -0.535. The van der Waals surface area contributed by atoms with E-state index in [0.717, 1.165) is 9.78 Å². The molecule has 9 heteroatoms. The minimum Gasteiger partial charge on any atom is -0.321 e. The summed E-state index contributed by atoms with van der Waals surface area (Å²) in [6.45, 7) is 1.80. The van der Waals surface area contributed by atoms with Crippen molar-refractivity contribution in [3.63, 3.8) is 0 Å². The first-order valence-corrected chi connectivity index (χ1v) is 9.08. The van der Waals surface area contributed by atoms with Gasteiger partial charge in [0.05, 0.1) is 21.8 Å². The molecule has 1 N–H and O–H groups in total. The number of anilines is 2. The number of fused-ring (bicyclic) bond motifs is 1. The van der Waals surface area contributed by atoms with E-state index in [0.29, 0.717) is 11.4 Å². The van der Waals surface area contributed by atoms with Crippen molar-refractivity contribution in [2.24, 2.45) is 0 Å². The van der Waals surface area contributed by atoms with Crippen molar-refractivity contribution in [3.8, 4) is 0 Å². The fraction of sp³-hybridized carbons (Fsp3) is 0.0556. The molecular formula is C18H11ClN4O3S. The van der Waals surface area contributed by atoms with Crippen molar-refractivity contribution >= 4 is 52.0 Å². The van der Waals surface area contributed by atoms with E-state index in [1.165, 1.54) is 29.7 Å². The summed E-state index contributed by atoms with van der Waals surface area (Å²) < 4.78 is 0. The number of thiazole rings is 1. The Morgan fingerprint density at radius 3 is 2.67 bits per heavy atom. The van der Waals surface area contributed by atoms with Gasteiger partial charge in [-0.25, -0.2) is 9.88 Å². The lowest BCUT2D eigenvalue weighted by Gasteiger charge is -2.16. The van der Waals surface area contributed by atoms with Gasteiger partial charge in [0.25, 0.3) is 17.7 Å². The predicted octanol–water partition coefficient (Wildman–Crippen LogP) is 3.55. The molecule has 2 aromatic heterocycles. The Kier molecular flexibility index (Phi) is 4.21. The Labute approximate surface area is 162 Å². The summed E-state index contributed by atoms with van der Waals surface area (Å²) in [4.78, 5) is 47.1. The first kappa shape index (κ1) is 17.3. The molecule has 4 rings (SSSR count). The van der Waals surface area contributed by atoms with Crippen molar-refractivity contribution < 1.29 is 14.4 Å². The van der Waals surface area contributed by atoms with Crippen LogP contribution in [-0.4, -0.2) is 27.7 Å². The second-order valence-electron chi connectivity index (χ2n) is 5.72. The lowest BCUT2D eigenvalue weighted by Crippen LogP contribution is -2.29. The molecule has 0 saturated carbocycles. The quantitative estimate of drug-likeness (QED) is 0.681. The Balaban J connectivity index is 1.62. The van der Waals surface area contributed by atoms with Gasteiger partial charge in [0.2, 0.25) is 0 Å². The molecule has 134 valence electrons. The van der Waals surface area contributed by atoms with Crippen LogP contribution in [0.25, 0.3) is 0 Å². The highest BCUT2D eigenvalue weighted by molar-refractivity contribution is 7.09. The van der Waals surface area contributed by atoms with Gasteiger partial charge in [0.15, 0.2) is 0 Å². The van der Waals surface area contributed by atoms with Crippen molar-refractivity contribution in [2.45, 2.75) is 6.92 Å². The maximum absolute atomic E-state index is 12.5. The number of aromatic nitrogens is 2. The number of pyridine rings is 1. The van der Waals surface area contributed by atoms with Crippen LogP contribution in [-0.2, 0) is 0 Å². The van der Waals surface area contributed by atoms with E-state index in [1.54, 1.807) is 30.6 Å². The maximum Gasteiger partial charge on any atom is 0.284 e. The average Bonchev–Trinajstić information content (AvgIpc) is 3.18. The van der Waals surface area contributed by atoms with Crippen LogP contribution in [0.15, 0.2) is 42.0 Å². The molecule has 0 radical (unpaired) electrons. The molecule has 7 nitrogen and oxygen atoms in total. The molecule has 0 bridgehead atoms. The first-order chi connectivity index (χ1) is 13.0. The Hall–Kier alpha value is -3.10. The summed E-state index contributed by atoms with van der Waals surface area (Å²) in [5.41, 5.74) is 2.91. The summed E-state index contributed by atoms with van der Waals surface area (Å²) >= 11 is 7.67. The lowest BCUT2D eigenvalue weighted by molar-refractivity contribution is 0.0923. The molecule has 0 spiro atoms. The number of hydrogen-bond donors (Lipinski definition) is 1. The second-order valence-corrected chi connectivity index (χ2v) is 7.19. The number of carbonyl (C=O) groups excluding carboxylic acids is 3. The zero-order valence-electron chi connectivity index (χ0n) is 13.9. The number of nitrogens with one attached hydrogen (secondary N) is 1. The molecular weight excluding hydrogens is 388 g/mol. The highest BCUT2D eigenvalue weighted by Crippen LogP contribution is 2.34. The number of carbonyl (C=O) groups is 3. The highest BCUT2D eigenvalue weighted by atomic mass is 35.5. The van der Waals surface area contributed by atoms with Crippen molar-refractivity contribution in [3.05, 3.63) is 68.9 Å². The summed E-state index contributed by atoms with van der Waals surface area (Å²) in [7, 11) is 0. The standard InChI is InChI=1S/C18H11ClN4O3S/c1-9-14(21-8-27-9)16(24)22-10-4-5-13(12(19)7-10)23-17(25)11-3-2-6-20-15(11)18(23)26/h2-8H,1H3,(H,22,24). The van der Waals surface area contributed by atoms with Gasteiger partial charge >= 0.3 is 0 Å². The van der Waals surface area contributed by atoms with Gasteiger partial charge in [-0.2, -0.15) is 0 Å². The highest BCUT2D eigenvalue weighted by Gasteiger charge is 2.38. The molecule has 3 heterocycles. The van der Waals surface area contributed by atoms with Crippen LogP contribution in [0.2, 0.25) is 5.02 Å². The molecule has 0 saturated heterocycles. The van der Waals surface area contributed by atoms with Crippen LogP contribution < -0.4 is 10.2 Å². The number of hydrogen-bond acceptors (Lipinski definition) is 6. The van der Waals surface area contributed by atoms with E-state index in [4.69, 9.17) is 11.6 Å². The van der Waals surface area contributed by atoms with Gasteiger partial charge < -0.3 is 5.32 Å². The summed E-state index contributed by atoms with van der Waals surface area (Å²) in [5.74, 6) is -1.38. The smallest absolute Gasteiger partial charge is 0.284 e. The minimum absolute atomic E-state index is 0.0925. The summed E-state index contributed by atoms with van der Waals surface area (Å²) in [6, 6.07) is 7.69. The van der Waals surface area contributed by atoms with Gasteiger partial charge in [-0.05, 0) is 37.3 Å². The topological polar surface area (TPSA) is 92.3 Å². The third-order valence-corrected chi connectivity index (χ3v) is 5.11. The number of halogens is 1. The van der Waals surface area contributed by atoms with Crippen LogP contribution in [0.4, 0.5) is 11.4 Å². The molecule has 1 aliphatic heterocycles. The van der Waals surface area contributed by atoms with E-state index in [2.05, 4.69) is 15.3 Å². The van der Waals surface area contributed by atoms with Crippen LogP contribution in [0.5, 0.6) is 0 Å². The zero-order valence-corrected chi connectivity index (χ0v) is 15.5. The third-order valence-electron chi connectivity index (χ3n) is 4.05. The fourth-order valence-electron chi connectivity index (χ4n) is 2.77. The van der Waals surface area contributed by atoms with E-state index >= 15 is 0 Å². The van der Waals surface area contributed by atoms with Gasteiger partial charge in [-0.1, -0.05) is 11.6 Å². The molecule has 3 amide bonds. The largest absolute Gasteiger partial charge is 0.321 e. The average molecular weight is 399 g/mol. The van der Waals surface area contributed by atoms with Gasteiger partial charge in [-0.3, -0.25) is 19.4 Å². The number of nitrogens with zero attached hydrogens (tertiary/aromatic N) is 3. The van der Waals surface area contributed by atoms with Crippen molar-refractivity contribution in [2.75, 3.05) is 10.2 Å². The van der Waals surface area contributed by atoms with Gasteiger partial charge in [0, 0.05) is 16.8 Å². The van der Waals surface area contributed by atoms with Gasteiger partial charge in [0.1, 0.15) is 11.4 Å². The molecule has 0 atom stereocenters. The first-order valence-electron chi connectivity index (χ1n) is 7.82. The normalized spacial score (nSPS) is 13.0. The van der Waals surface area contributed by atoms with Crippen molar-refractivity contribution in [1.29, 1.82) is 0 Å². The van der Waals surface area contributed by atoms with E-state index in [1.807, 2.05) is 0 Å². The number of benzene rings is 1. The zero-order chi connectivity index (χ0) is 19.1. The number of aryl methyl sites for hydroxylation is 1. The molecule has 1 aliphatic rings.